The second-order valence-corrected chi connectivity index (χ2v) is 10.4. The third-order valence-corrected chi connectivity index (χ3v) is 5.96. The molecule has 4 rings (SSSR count). The molecule has 0 aliphatic rings. The molecule has 38 heavy (non-hydrogen) atoms. The molecule has 2 heterocycles. The van der Waals surface area contributed by atoms with E-state index < -0.39 is 26.5 Å². The molecule has 0 amide bonds. The zero-order valence-electron chi connectivity index (χ0n) is 20.1. The van der Waals surface area contributed by atoms with Gasteiger partial charge < -0.3 is 4.74 Å². The van der Waals surface area contributed by atoms with Gasteiger partial charge in [0, 0.05) is 33.7 Å². The summed E-state index contributed by atoms with van der Waals surface area (Å²) in [5.41, 5.74) is -1.02. The van der Waals surface area contributed by atoms with Crippen LogP contribution in [0.4, 0.5) is 11.4 Å². The summed E-state index contributed by atoms with van der Waals surface area (Å²) in [6.07, 6.45) is 2.21. The van der Waals surface area contributed by atoms with Crippen molar-refractivity contribution in [1.29, 1.82) is 0 Å². The molecule has 2 aromatic carbocycles. The van der Waals surface area contributed by atoms with Crippen molar-refractivity contribution in [2.24, 2.45) is 5.10 Å². The standard InChI is InChI=1S/C24H18BrClN6O6/c1-24(2,3)23-29-18-6-4-14(25)10-16(18)22(33)30(23)28-11-13-8-17(26)21(19(9-13)32(36)37)38-20-7-5-15(12-27-20)31(34)35/h4-12H,1-3H3. The summed E-state index contributed by atoms with van der Waals surface area (Å²) in [4.78, 5) is 43.0. The Morgan fingerprint density at radius 3 is 2.45 bits per heavy atom. The fourth-order valence-electron chi connectivity index (χ4n) is 3.42. The number of rotatable bonds is 6. The smallest absolute Gasteiger partial charge is 0.313 e. The van der Waals surface area contributed by atoms with Crippen LogP contribution >= 0.6 is 27.5 Å². The van der Waals surface area contributed by atoms with E-state index in [2.05, 4.69) is 31.0 Å². The molecular formula is C24H18BrClN6O6. The maximum atomic E-state index is 13.3. The number of nitrogens with zero attached hydrogens (tertiary/aromatic N) is 6. The molecule has 0 radical (unpaired) electrons. The van der Waals surface area contributed by atoms with Gasteiger partial charge in [-0.15, -0.1) is 0 Å². The molecule has 2 aromatic heterocycles. The van der Waals surface area contributed by atoms with Crippen molar-refractivity contribution in [3.8, 4) is 11.6 Å². The van der Waals surface area contributed by atoms with E-state index in [1.807, 2.05) is 20.8 Å². The third kappa shape index (κ3) is 5.53. The Morgan fingerprint density at radius 1 is 1.11 bits per heavy atom. The Balaban J connectivity index is 1.78. The zero-order chi connectivity index (χ0) is 27.8. The molecule has 0 saturated carbocycles. The van der Waals surface area contributed by atoms with Crippen LogP contribution in [0.1, 0.15) is 32.2 Å². The molecule has 0 spiro atoms. The van der Waals surface area contributed by atoms with Gasteiger partial charge in [0.05, 0.1) is 32.0 Å². The Hall–Kier alpha value is -4.23. The van der Waals surface area contributed by atoms with Gasteiger partial charge in [-0.3, -0.25) is 25.0 Å². The number of aromatic nitrogens is 3. The minimum absolute atomic E-state index is 0.128. The molecule has 0 aliphatic carbocycles. The van der Waals surface area contributed by atoms with Crippen LogP contribution in [0.5, 0.6) is 11.6 Å². The fourth-order valence-corrected chi connectivity index (χ4v) is 4.04. The minimum atomic E-state index is -0.703. The van der Waals surface area contributed by atoms with E-state index in [9.17, 15) is 25.0 Å². The van der Waals surface area contributed by atoms with Gasteiger partial charge in [0.25, 0.3) is 11.2 Å². The molecule has 4 aromatic rings. The highest BCUT2D eigenvalue weighted by Gasteiger charge is 2.24. The zero-order valence-corrected chi connectivity index (χ0v) is 22.4. The number of pyridine rings is 1. The Labute approximate surface area is 228 Å². The highest BCUT2D eigenvalue weighted by molar-refractivity contribution is 9.10. The predicted octanol–water partition coefficient (Wildman–Crippen LogP) is 6.00. The Morgan fingerprint density at radius 2 is 1.84 bits per heavy atom. The lowest BCUT2D eigenvalue weighted by Crippen LogP contribution is -2.29. The molecule has 12 nitrogen and oxygen atoms in total. The molecule has 0 fully saturated rings. The van der Waals surface area contributed by atoms with E-state index in [0.717, 1.165) is 16.9 Å². The quantitative estimate of drug-likeness (QED) is 0.148. The van der Waals surface area contributed by atoms with Crippen molar-refractivity contribution < 1.29 is 14.6 Å². The van der Waals surface area contributed by atoms with Crippen molar-refractivity contribution in [3.63, 3.8) is 0 Å². The topological polar surface area (TPSA) is 156 Å². The average molecular weight is 602 g/mol. The normalized spacial score (nSPS) is 11.7. The van der Waals surface area contributed by atoms with Gasteiger partial charge in [-0.05, 0) is 24.3 Å². The van der Waals surface area contributed by atoms with Crippen molar-refractivity contribution in [2.75, 3.05) is 0 Å². The number of ether oxygens (including phenoxy) is 1. The van der Waals surface area contributed by atoms with Gasteiger partial charge in [-0.1, -0.05) is 48.3 Å². The van der Waals surface area contributed by atoms with Crippen LogP contribution < -0.4 is 10.3 Å². The molecule has 0 aliphatic heterocycles. The summed E-state index contributed by atoms with van der Waals surface area (Å²) in [7, 11) is 0. The van der Waals surface area contributed by atoms with E-state index in [1.165, 1.54) is 24.4 Å². The number of halogens is 2. The first-order valence-electron chi connectivity index (χ1n) is 10.9. The fraction of sp³-hybridized carbons (Fsp3) is 0.167. The second-order valence-electron chi connectivity index (χ2n) is 9.03. The predicted molar refractivity (Wildman–Crippen MR) is 144 cm³/mol. The number of hydrogen-bond acceptors (Lipinski definition) is 9. The molecule has 0 bridgehead atoms. The maximum absolute atomic E-state index is 13.3. The summed E-state index contributed by atoms with van der Waals surface area (Å²) in [5.74, 6) is -0.0462. The van der Waals surface area contributed by atoms with E-state index in [1.54, 1.807) is 18.2 Å². The van der Waals surface area contributed by atoms with Crippen molar-refractivity contribution in [3.05, 3.63) is 100 Å². The average Bonchev–Trinajstić information content (AvgIpc) is 2.84. The lowest BCUT2D eigenvalue weighted by Gasteiger charge is -2.20. The van der Waals surface area contributed by atoms with E-state index >= 15 is 0 Å². The number of benzene rings is 2. The maximum Gasteiger partial charge on any atom is 0.313 e. The lowest BCUT2D eigenvalue weighted by molar-refractivity contribution is -0.385. The molecule has 14 heteroatoms. The summed E-state index contributed by atoms with van der Waals surface area (Å²) in [6.45, 7) is 5.64. The molecule has 0 N–H and O–H groups in total. The van der Waals surface area contributed by atoms with Crippen molar-refractivity contribution in [1.82, 2.24) is 14.6 Å². The Kier molecular flexibility index (Phi) is 7.24. The first-order valence-corrected chi connectivity index (χ1v) is 12.1. The SMILES string of the molecule is CC(C)(C)c1nc2ccc(Br)cc2c(=O)n1N=Cc1cc(Cl)c(Oc2ccc([N+](=O)[O-])cn2)c([N+](=O)[O-])c1. The van der Waals surface area contributed by atoms with Crippen LogP contribution in [-0.4, -0.2) is 30.7 Å². The monoisotopic (exact) mass is 600 g/mol. The van der Waals surface area contributed by atoms with Crippen LogP contribution in [0, 0.1) is 20.2 Å². The van der Waals surface area contributed by atoms with Crippen molar-refractivity contribution >= 4 is 56.0 Å². The number of hydrogen-bond donors (Lipinski definition) is 0. The molecule has 194 valence electrons. The molecule has 0 atom stereocenters. The van der Waals surface area contributed by atoms with Crippen molar-refractivity contribution in [2.45, 2.75) is 26.2 Å². The highest BCUT2D eigenvalue weighted by Crippen LogP contribution is 2.38. The molecule has 0 saturated heterocycles. The van der Waals surface area contributed by atoms with Crippen LogP contribution in [0.2, 0.25) is 5.02 Å². The number of nitro groups is 2. The summed E-state index contributed by atoms with van der Waals surface area (Å²) in [6, 6.07) is 10.0. The van der Waals surface area contributed by atoms with Gasteiger partial charge >= 0.3 is 5.69 Å². The van der Waals surface area contributed by atoms with E-state index in [4.69, 9.17) is 16.3 Å². The molecular weight excluding hydrogens is 584 g/mol. The number of fused-ring (bicyclic) bond motifs is 1. The van der Waals surface area contributed by atoms with Gasteiger partial charge in [-0.25, -0.2) is 9.97 Å². The summed E-state index contributed by atoms with van der Waals surface area (Å²) >= 11 is 9.66. The van der Waals surface area contributed by atoms with Crippen LogP contribution in [0.3, 0.4) is 0 Å². The number of nitro benzene ring substituents is 1. The van der Waals surface area contributed by atoms with Crippen LogP contribution in [0.25, 0.3) is 10.9 Å². The van der Waals surface area contributed by atoms with Crippen LogP contribution in [0.15, 0.2) is 63.0 Å². The largest absolute Gasteiger partial charge is 0.430 e. The van der Waals surface area contributed by atoms with E-state index in [0.29, 0.717) is 21.2 Å². The molecule has 0 unspecified atom stereocenters. The third-order valence-electron chi connectivity index (χ3n) is 5.18. The first-order chi connectivity index (χ1) is 17.8. The van der Waals surface area contributed by atoms with Gasteiger partial charge in [0.1, 0.15) is 12.0 Å². The van der Waals surface area contributed by atoms with E-state index in [-0.39, 0.29) is 27.9 Å². The first kappa shape index (κ1) is 26.8. The minimum Gasteiger partial charge on any atom is -0.430 e. The Bertz CT molecular complexity index is 1680. The van der Waals surface area contributed by atoms with Gasteiger partial charge in [0.15, 0.2) is 0 Å². The van der Waals surface area contributed by atoms with Gasteiger partial charge in [-0.2, -0.15) is 9.78 Å². The lowest BCUT2D eigenvalue weighted by atomic mass is 9.95. The second kappa shape index (κ2) is 10.3. The highest BCUT2D eigenvalue weighted by atomic mass is 79.9. The summed E-state index contributed by atoms with van der Waals surface area (Å²) in [5, 5.41) is 27.1. The summed E-state index contributed by atoms with van der Waals surface area (Å²) < 4.78 is 7.33. The van der Waals surface area contributed by atoms with Crippen LogP contribution in [-0.2, 0) is 5.41 Å². The van der Waals surface area contributed by atoms with Gasteiger partial charge in [0.2, 0.25) is 11.6 Å².